The number of rotatable bonds is 57. The Kier molecular flexibility index (Phi) is 52.0. The third kappa shape index (κ3) is 43.6. The molecule has 9 heteroatoms. The monoisotopic (exact) mass is 1040 g/mol. The fraction of sp³-hybridized carbons (Fsp3) is 0.953. The highest BCUT2D eigenvalue weighted by atomic mass is 16.7. The van der Waals surface area contributed by atoms with Crippen LogP contribution in [0.4, 0.5) is 0 Å². The molecule has 1 aliphatic heterocycles. The van der Waals surface area contributed by atoms with Gasteiger partial charge < -0.3 is 40.3 Å². The first-order valence-electron chi connectivity index (χ1n) is 32.4. The zero-order valence-electron chi connectivity index (χ0n) is 48.4. The molecule has 0 bridgehead atoms. The van der Waals surface area contributed by atoms with Gasteiger partial charge in [-0.1, -0.05) is 321 Å². The minimum absolute atomic E-state index is 0.169. The van der Waals surface area contributed by atoms with Crippen molar-refractivity contribution in [3.63, 3.8) is 0 Å². The van der Waals surface area contributed by atoms with Crippen molar-refractivity contribution >= 4 is 5.91 Å². The fourth-order valence-electron chi connectivity index (χ4n) is 10.8. The van der Waals surface area contributed by atoms with Crippen LogP contribution in [-0.4, -0.2) is 87.5 Å². The van der Waals surface area contributed by atoms with Gasteiger partial charge in [0.2, 0.25) is 5.91 Å². The molecule has 1 rings (SSSR count). The lowest BCUT2D eigenvalue weighted by Crippen LogP contribution is -2.60. The van der Waals surface area contributed by atoms with E-state index in [1.54, 1.807) is 6.08 Å². The van der Waals surface area contributed by atoms with Gasteiger partial charge in [0.15, 0.2) is 6.29 Å². The molecule has 0 aromatic carbocycles. The van der Waals surface area contributed by atoms with E-state index < -0.39 is 49.5 Å². The van der Waals surface area contributed by atoms with Crippen LogP contribution in [0.25, 0.3) is 0 Å². The second-order valence-electron chi connectivity index (χ2n) is 22.9. The van der Waals surface area contributed by atoms with Crippen molar-refractivity contribution in [2.75, 3.05) is 13.2 Å². The smallest absolute Gasteiger partial charge is 0.220 e. The highest BCUT2D eigenvalue weighted by Crippen LogP contribution is 2.23. The summed E-state index contributed by atoms with van der Waals surface area (Å²) < 4.78 is 11.3. The summed E-state index contributed by atoms with van der Waals surface area (Å²) in [5, 5.41) is 54.6. The van der Waals surface area contributed by atoms with Crippen LogP contribution in [0.15, 0.2) is 12.2 Å². The molecule has 0 radical (unpaired) electrons. The van der Waals surface area contributed by atoms with E-state index >= 15 is 0 Å². The summed E-state index contributed by atoms with van der Waals surface area (Å²) in [6.45, 7) is 3.83. The van der Waals surface area contributed by atoms with Crippen LogP contribution in [0, 0.1) is 0 Å². The molecule has 0 aromatic heterocycles. The van der Waals surface area contributed by atoms with Gasteiger partial charge in [0.1, 0.15) is 24.4 Å². The molecule has 1 aliphatic rings. The normalized spacial score (nSPS) is 19.0. The summed E-state index contributed by atoms with van der Waals surface area (Å²) >= 11 is 0. The van der Waals surface area contributed by atoms with Crippen LogP contribution in [0.5, 0.6) is 0 Å². The van der Waals surface area contributed by atoms with E-state index in [0.717, 1.165) is 38.5 Å². The van der Waals surface area contributed by atoms with E-state index in [1.807, 2.05) is 6.08 Å². The van der Waals surface area contributed by atoms with Crippen LogP contribution in [0.2, 0.25) is 0 Å². The molecular weight excluding hydrogens is 911 g/mol. The van der Waals surface area contributed by atoms with Gasteiger partial charge in [0.05, 0.1) is 25.4 Å². The lowest BCUT2D eigenvalue weighted by Gasteiger charge is -2.40. The number of unbranched alkanes of at least 4 members (excludes halogenated alkanes) is 47. The predicted octanol–water partition coefficient (Wildman–Crippen LogP) is 16.7. The van der Waals surface area contributed by atoms with Gasteiger partial charge in [-0.25, -0.2) is 0 Å². The minimum Gasteiger partial charge on any atom is -0.394 e. The van der Waals surface area contributed by atoms with Crippen LogP contribution < -0.4 is 5.32 Å². The number of aliphatic hydroxyl groups excluding tert-OH is 5. The largest absolute Gasteiger partial charge is 0.394 e. The van der Waals surface area contributed by atoms with Crippen LogP contribution in [-0.2, 0) is 14.3 Å². The lowest BCUT2D eigenvalue weighted by molar-refractivity contribution is -0.302. The van der Waals surface area contributed by atoms with E-state index in [0.29, 0.717) is 6.42 Å². The van der Waals surface area contributed by atoms with Gasteiger partial charge in [-0.15, -0.1) is 0 Å². The Balaban J connectivity index is 2.13. The van der Waals surface area contributed by atoms with Crippen molar-refractivity contribution in [3.8, 4) is 0 Å². The van der Waals surface area contributed by atoms with Crippen molar-refractivity contribution in [3.05, 3.63) is 12.2 Å². The summed E-state index contributed by atoms with van der Waals surface area (Å²) in [6.07, 6.45) is 61.6. The third-order valence-corrected chi connectivity index (χ3v) is 15.9. The Bertz CT molecular complexity index is 1150. The van der Waals surface area contributed by atoms with E-state index in [4.69, 9.17) is 9.47 Å². The summed E-state index contributed by atoms with van der Waals surface area (Å²) in [5.41, 5.74) is 0. The van der Waals surface area contributed by atoms with Crippen LogP contribution in [0.3, 0.4) is 0 Å². The van der Waals surface area contributed by atoms with Gasteiger partial charge in [0, 0.05) is 6.42 Å². The molecule has 7 atom stereocenters. The molecule has 7 unspecified atom stereocenters. The fourth-order valence-corrected chi connectivity index (χ4v) is 10.8. The summed E-state index contributed by atoms with van der Waals surface area (Å²) in [4.78, 5) is 13.1. The summed E-state index contributed by atoms with van der Waals surface area (Å²) in [6, 6.07) is -0.801. The average molecular weight is 1040 g/mol. The first-order valence-corrected chi connectivity index (χ1v) is 32.4. The second-order valence-corrected chi connectivity index (χ2v) is 22.9. The van der Waals surface area contributed by atoms with Crippen molar-refractivity contribution in [1.29, 1.82) is 0 Å². The van der Waals surface area contributed by atoms with Crippen LogP contribution in [0.1, 0.15) is 335 Å². The average Bonchev–Trinajstić information content (AvgIpc) is 3.39. The molecule has 1 heterocycles. The zero-order chi connectivity index (χ0) is 52.9. The number of nitrogens with one attached hydrogen (secondary N) is 1. The first-order chi connectivity index (χ1) is 35.8. The topological polar surface area (TPSA) is 149 Å². The van der Waals surface area contributed by atoms with Crippen LogP contribution >= 0.6 is 0 Å². The first kappa shape index (κ1) is 69.9. The highest BCUT2D eigenvalue weighted by Gasteiger charge is 2.44. The maximum atomic E-state index is 13.1. The number of hydrogen-bond acceptors (Lipinski definition) is 8. The van der Waals surface area contributed by atoms with E-state index in [-0.39, 0.29) is 12.5 Å². The summed E-state index contributed by atoms with van der Waals surface area (Å²) in [5.74, 6) is -0.169. The van der Waals surface area contributed by atoms with E-state index in [1.165, 1.54) is 276 Å². The Morgan fingerprint density at radius 3 is 1.07 bits per heavy atom. The van der Waals surface area contributed by atoms with Gasteiger partial charge >= 0.3 is 0 Å². The van der Waals surface area contributed by atoms with Crippen molar-refractivity contribution in [1.82, 2.24) is 5.32 Å². The van der Waals surface area contributed by atoms with Gasteiger partial charge in [-0.3, -0.25) is 4.79 Å². The Hall–Kier alpha value is -1.07. The zero-order valence-corrected chi connectivity index (χ0v) is 48.4. The molecule has 1 saturated heterocycles. The molecule has 0 spiro atoms. The van der Waals surface area contributed by atoms with Gasteiger partial charge in [-0.2, -0.15) is 0 Å². The summed E-state index contributed by atoms with van der Waals surface area (Å²) in [7, 11) is 0. The molecule has 0 saturated carbocycles. The molecule has 1 amide bonds. The molecule has 6 N–H and O–H groups in total. The van der Waals surface area contributed by atoms with Crippen molar-refractivity contribution < 1.29 is 39.8 Å². The lowest BCUT2D eigenvalue weighted by atomic mass is 9.99. The van der Waals surface area contributed by atoms with Gasteiger partial charge in [-0.05, 0) is 19.3 Å². The number of allylic oxidation sites excluding steroid dienone is 1. The second kappa shape index (κ2) is 54.3. The number of amides is 1. The quantitative estimate of drug-likeness (QED) is 0.0261. The number of carbonyl (C=O) groups is 1. The standard InChI is InChI=1S/C64H125NO8/c1-3-5-7-9-11-13-15-17-19-21-23-24-25-26-27-28-29-30-31-32-33-34-35-36-37-39-41-43-45-47-49-51-53-58(67)57(56-72-64-63(71)62(70)61(69)59(55-66)73-64)65-60(68)54-52-50-48-46-44-42-40-38-22-20-18-16-14-12-10-8-6-4-2/h51,53,57-59,61-64,66-67,69-71H,3-50,52,54-56H2,1-2H3,(H,65,68)/b53-51+. The number of carbonyl (C=O) groups excluding carboxylic acids is 1. The molecule has 0 aliphatic carbocycles. The highest BCUT2D eigenvalue weighted by molar-refractivity contribution is 5.76. The maximum absolute atomic E-state index is 13.1. The Labute approximate surface area is 452 Å². The number of ether oxygens (including phenoxy) is 2. The number of hydrogen-bond donors (Lipinski definition) is 6. The van der Waals surface area contributed by atoms with E-state index in [2.05, 4.69) is 19.2 Å². The van der Waals surface area contributed by atoms with Crippen molar-refractivity contribution in [2.24, 2.45) is 0 Å². The van der Waals surface area contributed by atoms with E-state index in [9.17, 15) is 30.3 Å². The predicted molar refractivity (Wildman–Crippen MR) is 309 cm³/mol. The molecule has 434 valence electrons. The molecular formula is C64H125NO8. The Morgan fingerprint density at radius 1 is 0.452 bits per heavy atom. The minimum atomic E-state index is -1.56. The number of aliphatic hydroxyl groups is 5. The Morgan fingerprint density at radius 2 is 0.753 bits per heavy atom. The molecule has 9 nitrogen and oxygen atoms in total. The third-order valence-electron chi connectivity index (χ3n) is 15.9. The van der Waals surface area contributed by atoms with Crippen molar-refractivity contribution in [2.45, 2.75) is 378 Å². The molecule has 1 fully saturated rings. The SMILES string of the molecule is CCCCCCCCCCCCCCCCCCCCCCCCCCCCCCCC/C=C/C(O)C(COC1OC(CO)C(O)C(O)C1O)NC(=O)CCCCCCCCCCCCCCCCCCCC. The molecule has 0 aromatic rings. The van der Waals surface area contributed by atoms with Gasteiger partial charge in [0.25, 0.3) is 0 Å². The molecule has 73 heavy (non-hydrogen) atoms. The maximum Gasteiger partial charge on any atom is 0.220 e.